The summed E-state index contributed by atoms with van der Waals surface area (Å²) in [7, 11) is 0. The Morgan fingerprint density at radius 3 is 2.61 bits per heavy atom. The molecule has 1 aromatic heterocycles. The largest absolute Gasteiger partial charge is 0.490 e. The fraction of sp³-hybridized carbons (Fsp3) is 0.500. The van der Waals surface area contributed by atoms with E-state index in [0.717, 1.165) is 5.39 Å². The molecule has 0 radical (unpaired) electrons. The van der Waals surface area contributed by atoms with Crippen molar-refractivity contribution >= 4 is 16.9 Å². The maximum absolute atomic E-state index is 12.9. The smallest absolute Gasteiger partial charge is 0.254 e. The number of hydrogen-bond acceptors (Lipinski definition) is 4. The van der Waals surface area contributed by atoms with Gasteiger partial charge in [-0.05, 0) is 45.9 Å². The number of morpholine rings is 1. The third kappa shape index (κ3) is 3.34. The zero-order valence-corrected chi connectivity index (χ0v) is 14.0. The van der Waals surface area contributed by atoms with Gasteiger partial charge < -0.3 is 18.8 Å². The van der Waals surface area contributed by atoms with Gasteiger partial charge in [0.1, 0.15) is 11.3 Å². The number of nitrogens with zero attached hydrogens (tertiary/aromatic N) is 1. The van der Waals surface area contributed by atoms with Crippen molar-refractivity contribution in [3.63, 3.8) is 0 Å². The predicted octanol–water partition coefficient (Wildman–Crippen LogP) is 3.47. The lowest BCUT2D eigenvalue weighted by Gasteiger charge is -2.35. The van der Waals surface area contributed by atoms with Crippen LogP contribution in [0.5, 0.6) is 5.75 Å². The van der Waals surface area contributed by atoms with Crippen LogP contribution in [-0.2, 0) is 4.74 Å². The normalized spacial score (nSPS) is 21.9. The molecule has 0 spiro atoms. The number of carbonyl (C=O) groups is 1. The molecule has 0 unspecified atom stereocenters. The summed E-state index contributed by atoms with van der Waals surface area (Å²) in [6.45, 7) is 9.09. The number of ether oxygens (including phenoxy) is 2. The van der Waals surface area contributed by atoms with Gasteiger partial charge in [-0.3, -0.25) is 4.79 Å². The van der Waals surface area contributed by atoms with Crippen molar-refractivity contribution in [3.8, 4) is 5.75 Å². The van der Waals surface area contributed by atoms with Gasteiger partial charge in [0, 0.05) is 18.7 Å². The molecular formula is C18H23NO4. The van der Waals surface area contributed by atoms with Gasteiger partial charge in [-0.1, -0.05) is 0 Å². The number of furan rings is 1. The second kappa shape index (κ2) is 6.24. The number of carbonyl (C=O) groups excluding carboxylic acids is 1. The highest BCUT2D eigenvalue weighted by molar-refractivity contribution is 5.99. The van der Waals surface area contributed by atoms with Crippen LogP contribution in [0.25, 0.3) is 11.0 Å². The zero-order chi connectivity index (χ0) is 16.6. The molecule has 0 N–H and O–H groups in total. The van der Waals surface area contributed by atoms with E-state index in [1.807, 2.05) is 44.7 Å². The summed E-state index contributed by atoms with van der Waals surface area (Å²) < 4.78 is 17.0. The van der Waals surface area contributed by atoms with Crippen molar-refractivity contribution in [3.05, 3.63) is 30.0 Å². The minimum absolute atomic E-state index is 0.0149. The van der Waals surface area contributed by atoms with Crippen LogP contribution in [0.15, 0.2) is 28.9 Å². The Labute approximate surface area is 136 Å². The molecule has 5 nitrogen and oxygen atoms in total. The first kappa shape index (κ1) is 15.9. The van der Waals surface area contributed by atoms with Crippen LogP contribution in [0.3, 0.4) is 0 Å². The molecule has 1 aromatic carbocycles. The van der Waals surface area contributed by atoms with E-state index < -0.39 is 0 Å². The van der Waals surface area contributed by atoms with Crippen molar-refractivity contribution in [1.29, 1.82) is 0 Å². The first-order valence-electron chi connectivity index (χ1n) is 8.06. The van der Waals surface area contributed by atoms with Gasteiger partial charge in [0.15, 0.2) is 0 Å². The Hall–Kier alpha value is -2.01. The SMILES string of the molecule is CC(C)Oc1cc(C(=O)N2C[C@@H](C)O[C@@H](C)C2)cc2occc12. The summed E-state index contributed by atoms with van der Waals surface area (Å²) in [6.07, 6.45) is 1.73. The van der Waals surface area contributed by atoms with Crippen molar-refractivity contribution < 1.29 is 18.7 Å². The standard InChI is InChI=1S/C18H23NO4/c1-11(2)22-17-8-14(7-16-15(17)5-6-21-16)18(20)19-9-12(3)23-13(4)10-19/h5-8,11-13H,9-10H2,1-4H3/t12-,13+. The van der Waals surface area contributed by atoms with E-state index in [-0.39, 0.29) is 24.2 Å². The van der Waals surface area contributed by atoms with Crippen molar-refractivity contribution in [2.75, 3.05) is 13.1 Å². The van der Waals surface area contributed by atoms with Crippen molar-refractivity contribution in [1.82, 2.24) is 4.90 Å². The van der Waals surface area contributed by atoms with Gasteiger partial charge in [0.2, 0.25) is 0 Å². The molecule has 0 saturated carbocycles. The van der Waals surface area contributed by atoms with Gasteiger partial charge in [-0.2, -0.15) is 0 Å². The number of amides is 1. The predicted molar refractivity (Wildman–Crippen MR) is 87.9 cm³/mol. The first-order chi connectivity index (χ1) is 10.9. The van der Waals surface area contributed by atoms with Crippen LogP contribution >= 0.6 is 0 Å². The second-order valence-electron chi connectivity index (χ2n) is 6.44. The second-order valence-corrected chi connectivity index (χ2v) is 6.44. The highest BCUT2D eigenvalue weighted by atomic mass is 16.5. The summed E-state index contributed by atoms with van der Waals surface area (Å²) in [5.41, 5.74) is 1.25. The van der Waals surface area contributed by atoms with Gasteiger partial charge in [0.25, 0.3) is 5.91 Å². The Bertz CT molecular complexity index is 696. The van der Waals surface area contributed by atoms with Gasteiger partial charge in [0.05, 0.1) is 30.0 Å². The zero-order valence-electron chi connectivity index (χ0n) is 14.0. The van der Waals surface area contributed by atoms with Crippen LogP contribution in [0.2, 0.25) is 0 Å². The molecule has 5 heteroatoms. The molecule has 3 rings (SSSR count). The Balaban J connectivity index is 1.93. The third-order valence-electron chi connectivity index (χ3n) is 3.85. The quantitative estimate of drug-likeness (QED) is 0.870. The average Bonchev–Trinajstić information content (AvgIpc) is 2.93. The fourth-order valence-electron chi connectivity index (χ4n) is 3.04. The highest BCUT2D eigenvalue weighted by Crippen LogP contribution is 2.30. The van der Waals surface area contributed by atoms with E-state index in [1.165, 1.54) is 0 Å². The molecular weight excluding hydrogens is 294 g/mol. The molecule has 1 fully saturated rings. The first-order valence-corrected chi connectivity index (χ1v) is 8.06. The molecule has 2 heterocycles. The lowest BCUT2D eigenvalue weighted by atomic mass is 10.1. The van der Waals surface area contributed by atoms with Crippen LogP contribution in [0.4, 0.5) is 0 Å². The lowest BCUT2D eigenvalue weighted by molar-refractivity contribution is -0.0586. The van der Waals surface area contributed by atoms with E-state index in [0.29, 0.717) is 30.0 Å². The van der Waals surface area contributed by atoms with Crippen LogP contribution in [-0.4, -0.2) is 42.2 Å². The fourth-order valence-corrected chi connectivity index (χ4v) is 3.04. The Morgan fingerprint density at radius 2 is 1.96 bits per heavy atom. The molecule has 1 amide bonds. The van der Waals surface area contributed by atoms with E-state index in [2.05, 4.69) is 0 Å². The van der Waals surface area contributed by atoms with E-state index in [9.17, 15) is 4.79 Å². The topological polar surface area (TPSA) is 51.9 Å². The number of benzene rings is 1. The van der Waals surface area contributed by atoms with E-state index in [4.69, 9.17) is 13.9 Å². The summed E-state index contributed by atoms with van der Waals surface area (Å²) in [5.74, 6) is 0.669. The molecule has 2 aromatic rings. The van der Waals surface area contributed by atoms with Crippen LogP contribution in [0, 0.1) is 0 Å². The van der Waals surface area contributed by atoms with Crippen LogP contribution < -0.4 is 4.74 Å². The molecule has 2 atom stereocenters. The molecule has 1 aliphatic rings. The van der Waals surface area contributed by atoms with Gasteiger partial charge >= 0.3 is 0 Å². The van der Waals surface area contributed by atoms with Crippen molar-refractivity contribution in [2.45, 2.75) is 46.0 Å². The summed E-state index contributed by atoms with van der Waals surface area (Å²) >= 11 is 0. The molecule has 23 heavy (non-hydrogen) atoms. The third-order valence-corrected chi connectivity index (χ3v) is 3.85. The van der Waals surface area contributed by atoms with Crippen molar-refractivity contribution in [2.24, 2.45) is 0 Å². The minimum atomic E-state index is -0.0149. The minimum Gasteiger partial charge on any atom is -0.490 e. The highest BCUT2D eigenvalue weighted by Gasteiger charge is 2.27. The van der Waals surface area contributed by atoms with Gasteiger partial charge in [-0.15, -0.1) is 0 Å². The summed E-state index contributed by atoms with van der Waals surface area (Å²) in [5, 5.41) is 0.888. The van der Waals surface area contributed by atoms with Crippen LogP contribution in [0.1, 0.15) is 38.1 Å². The molecule has 0 bridgehead atoms. The molecule has 0 aliphatic carbocycles. The monoisotopic (exact) mass is 317 g/mol. The Morgan fingerprint density at radius 1 is 1.26 bits per heavy atom. The number of hydrogen-bond donors (Lipinski definition) is 0. The molecule has 124 valence electrons. The lowest BCUT2D eigenvalue weighted by Crippen LogP contribution is -2.48. The molecule has 1 aliphatic heterocycles. The maximum Gasteiger partial charge on any atom is 0.254 e. The Kier molecular flexibility index (Phi) is 4.31. The van der Waals surface area contributed by atoms with Gasteiger partial charge in [-0.25, -0.2) is 0 Å². The number of fused-ring (bicyclic) bond motifs is 1. The van der Waals surface area contributed by atoms with E-state index >= 15 is 0 Å². The molecule has 1 saturated heterocycles. The van der Waals surface area contributed by atoms with E-state index in [1.54, 1.807) is 12.3 Å². The number of rotatable bonds is 3. The summed E-state index contributed by atoms with van der Waals surface area (Å²) in [4.78, 5) is 14.7. The average molecular weight is 317 g/mol. The summed E-state index contributed by atoms with van der Waals surface area (Å²) in [6, 6.07) is 5.46. The maximum atomic E-state index is 12.9.